The number of nitrogens with zero attached hydrogens (tertiary/aromatic N) is 3. The Morgan fingerprint density at radius 1 is 1.18 bits per heavy atom. The number of hydrogen-bond acceptors (Lipinski definition) is 5. The number of carbonyl (C=O) groups is 1. The number of benzene rings is 1. The second-order valence-corrected chi connectivity index (χ2v) is 4.76. The smallest absolute Gasteiger partial charge is 0.238 e. The maximum atomic E-state index is 12.6. The van der Waals surface area contributed by atoms with Crippen LogP contribution < -0.4 is 0 Å². The topological polar surface area (TPSA) is 66.2 Å². The van der Waals surface area contributed by atoms with Gasteiger partial charge in [-0.05, 0) is 26.3 Å². The highest BCUT2D eigenvalue weighted by Crippen LogP contribution is 2.19. The summed E-state index contributed by atoms with van der Waals surface area (Å²) in [6.45, 7) is 6.40. The highest BCUT2D eigenvalue weighted by molar-refractivity contribution is 5.96. The third kappa shape index (κ3) is 3.58. The first-order chi connectivity index (χ1) is 10.7. The minimum absolute atomic E-state index is 0.105. The monoisotopic (exact) mass is 303 g/mol. The molecule has 2 aromatic rings. The van der Waals surface area contributed by atoms with Crippen LogP contribution in [0.15, 0.2) is 36.5 Å². The molecule has 0 radical (unpaired) electrons. The lowest BCUT2D eigenvalue weighted by atomic mass is 10.1. The van der Waals surface area contributed by atoms with Crippen molar-refractivity contribution in [2.75, 3.05) is 13.2 Å². The minimum Gasteiger partial charge on any atom is -0.346 e. The molecular weight excluding hydrogens is 282 g/mol. The van der Waals surface area contributed by atoms with Crippen molar-refractivity contribution in [3.8, 4) is 0 Å². The van der Waals surface area contributed by atoms with Crippen molar-refractivity contribution in [2.24, 2.45) is 0 Å². The molecule has 0 fully saturated rings. The fourth-order valence-electron chi connectivity index (χ4n) is 2.20. The van der Waals surface area contributed by atoms with E-state index in [1.165, 1.54) is 6.20 Å². The Balaban J connectivity index is 2.26. The van der Waals surface area contributed by atoms with Gasteiger partial charge in [-0.2, -0.15) is 0 Å². The third-order valence-electron chi connectivity index (χ3n) is 3.33. The van der Waals surface area contributed by atoms with E-state index >= 15 is 0 Å². The fourth-order valence-corrected chi connectivity index (χ4v) is 2.20. The molecule has 0 bridgehead atoms. The highest BCUT2D eigenvalue weighted by Gasteiger charge is 2.26. The van der Waals surface area contributed by atoms with Gasteiger partial charge < -0.3 is 9.47 Å². The molecule has 1 atom stereocenters. The van der Waals surface area contributed by atoms with Crippen LogP contribution in [0.3, 0.4) is 0 Å². The summed E-state index contributed by atoms with van der Waals surface area (Å²) < 4.78 is 12.3. The molecule has 6 heteroatoms. The largest absolute Gasteiger partial charge is 0.346 e. The maximum Gasteiger partial charge on any atom is 0.238 e. The van der Waals surface area contributed by atoms with Crippen molar-refractivity contribution in [1.82, 2.24) is 15.0 Å². The Morgan fingerprint density at radius 3 is 2.41 bits per heavy atom. The van der Waals surface area contributed by atoms with Crippen molar-refractivity contribution in [1.29, 1.82) is 0 Å². The molecule has 0 spiro atoms. The quantitative estimate of drug-likeness (QED) is 0.553. The molecule has 1 heterocycles. The molecule has 22 heavy (non-hydrogen) atoms. The molecule has 0 N–H and O–H groups in total. The van der Waals surface area contributed by atoms with Gasteiger partial charge in [0.05, 0.1) is 12.2 Å². The average molecular weight is 303 g/mol. The predicted octanol–water partition coefficient (Wildman–Crippen LogP) is 2.47. The van der Waals surface area contributed by atoms with Crippen LogP contribution >= 0.6 is 0 Å². The molecular formula is C16H21N3O3. The summed E-state index contributed by atoms with van der Waals surface area (Å²) in [6.07, 6.45) is 0.530. The summed E-state index contributed by atoms with van der Waals surface area (Å²) in [7, 11) is 0. The zero-order chi connectivity index (χ0) is 15.9. The number of carbonyl (C=O) groups excluding carboxylic acids is 1. The molecule has 6 nitrogen and oxygen atoms in total. The Labute approximate surface area is 130 Å². The summed E-state index contributed by atoms with van der Waals surface area (Å²) >= 11 is 0. The Morgan fingerprint density at radius 2 is 1.82 bits per heavy atom. The van der Waals surface area contributed by atoms with Crippen LogP contribution in [0.2, 0.25) is 0 Å². The van der Waals surface area contributed by atoms with Gasteiger partial charge in [-0.3, -0.25) is 4.79 Å². The van der Waals surface area contributed by atoms with Crippen molar-refractivity contribution in [3.05, 3.63) is 47.8 Å². The zero-order valence-electron chi connectivity index (χ0n) is 13.1. The van der Waals surface area contributed by atoms with Gasteiger partial charge in [-0.1, -0.05) is 35.5 Å². The Bertz CT molecular complexity index is 592. The maximum absolute atomic E-state index is 12.6. The number of ketones is 1. The number of rotatable bonds is 8. The first-order valence-corrected chi connectivity index (χ1v) is 7.41. The van der Waals surface area contributed by atoms with E-state index in [2.05, 4.69) is 10.3 Å². The molecule has 0 aliphatic carbocycles. The van der Waals surface area contributed by atoms with Crippen LogP contribution in [0.25, 0.3) is 0 Å². The summed E-state index contributed by atoms with van der Waals surface area (Å²) in [5.74, 6) is -0.267. The van der Waals surface area contributed by atoms with Crippen LogP contribution in [0.5, 0.6) is 0 Å². The normalized spacial score (nSPS) is 12.5. The van der Waals surface area contributed by atoms with E-state index in [-0.39, 0.29) is 11.8 Å². The van der Waals surface area contributed by atoms with Gasteiger partial charge in [0.15, 0.2) is 0 Å². The van der Waals surface area contributed by atoms with Crippen molar-refractivity contribution < 1.29 is 14.3 Å². The molecule has 2 rings (SSSR count). The van der Waals surface area contributed by atoms with Crippen LogP contribution in [0.4, 0.5) is 0 Å². The Kier molecular flexibility index (Phi) is 5.80. The van der Waals surface area contributed by atoms with Crippen LogP contribution in [0.1, 0.15) is 42.9 Å². The lowest BCUT2D eigenvalue weighted by Gasteiger charge is -2.18. The molecule has 118 valence electrons. The van der Waals surface area contributed by atoms with Gasteiger partial charge in [0, 0.05) is 13.2 Å². The van der Waals surface area contributed by atoms with Gasteiger partial charge in [0.2, 0.25) is 12.1 Å². The van der Waals surface area contributed by atoms with Crippen LogP contribution in [0, 0.1) is 0 Å². The molecule has 0 saturated carbocycles. The zero-order valence-corrected chi connectivity index (χ0v) is 13.1. The van der Waals surface area contributed by atoms with E-state index in [9.17, 15) is 4.79 Å². The van der Waals surface area contributed by atoms with Gasteiger partial charge in [0.1, 0.15) is 5.69 Å². The summed E-state index contributed by atoms with van der Waals surface area (Å²) in [5.41, 5.74) is 1.43. The second kappa shape index (κ2) is 7.82. The van der Waals surface area contributed by atoms with E-state index < -0.39 is 6.29 Å². The number of Topliss-reactive ketones (excluding diaryl/α,β-unsaturated/α-hetero) is 1. The summed E-state index contributed by atoms with van der Waals surface area (Å²) in [5, 5.41) is 7.92. The van der Waals surface area contributed by atoms with Crippen LogP contribution in [-0.2, 0) is 9.47 Å². The highest BCUT2D eigenvalue weighted by atomic mass is 16.7. The van der Waals surface area contributed by atoms with E-state index in [0.29, 0.717) is 18.9 Å². The standard InChI is InChI=1S/C16H21N3O3/c1-4-21-16(22-5-2)15(20)14-11-17-18-19(14)12(3)13-9-7-6-8-10-13/h6-12,16H,4-5H2,1-3H3/t12-/m1/s1. The van der Waals surface area contributed by atoms with Gasteiger partial charge in [-0.15, -0.1) is 5.10 Å². The van der Waals surface area contributed by atoms with Crippen molar-refractivity contribution >= 4 is 5.78 Å². The van der Waals surface area contributed by atoms with E-state index in [1.807, 2.05) is 51.1 Å². The molecule has 0 aliphatic rings. The van der Waals surface area contributed by atoms with Crippen LogP contribution in [-0.4, -0.2) is 40.3 Å². The van der Waals surface area contributed by atoms with Gasteiger partial charge >= 0.3 is 0 Å². The van der Waals surface area contributed by atoms with Crippen molar-refractivity contribution in [3.63, 3.8) is 0 Å². The number of hydrogen-bond donors (Lipinski definition) is 0. The lowest BCUT2D eigenvalue weighted by Crippen LogP contribution is -2.30. The van der Waals surface area contributed by atoms with Crippen molar-refractivity contribution in [2.45, 2.75) is 33.1 Å². The van der Waals surface area contributed by atoms with E-state index in [0.717, 1.165) is 5.56 Å². The molecule has 0 aliphatic heterocycles. The molecule has 0 saturated heterocycles. The average Bonchev–Trinajstić information content (AvgIpc) is 3.03. The van der Waals surface area contributed by atoms with Gasteiger partial charge in [-0.25, -0.2) is 4.68 Å². The fraction of sp³-hybridized carbons (Fsp3) is 0.438. The molecule has 0 amide bonds. The summed E-state index contributed by atoms with van der Waals surface area (Å²) in [4.78, 5) is 12.6. The third-order valence-corrected chi connectivity index (χ3v) is 3.33. The lowest BCUT2D eigenvalue weighted by molar-refractivity contribution is -0.107. The number of aromatic nitrogens is 3. The molecule has 0 unspecified atom stereocenters. The SMILES string of the molecule is CCOC(OCC)C(=O)c1cnnn1[C@H](C)c1ccccc1. The second-order valence-electron chi connectivity index (χ2n) is 4.76. The molecule has 1 aromatic heterocycles. The number of ether oxygens (including phenoxy) is 2. The predicted molar refractivity (Wildman–Crippen MR) is 81.6 cm³/mol. The summed E-state index contributed by atoms with van der Waals surface area (Å²) in [6, 6.07) is 9.73. The Hall–Kier alpha value is -2.05. The molecule has 1 aromatic carbocycles. The van der Waals surface area contributed by atoms with E-state index in [4.69, 9.17) is 9.47 Å². The van der Waals surface area contributed by atoms with Gasteiger partial charge in [0.25, 0.3) is 0 Å². The van der Waals surface area contributed by atoms with E-state index in [1.54, 1.807) is 4.68 Å². The minimum atomic E-state index is -0.921. The first kappa shape index (κ1) is 16.3. The first-order valence-electron chi connectivity index (χ1n) is 7.41.